The zero-order chi connectivity index (χ0) is 19.5. The van der Waals surface area contributed by atoms with Crippen LogP contribution in [0.5, 0.6) is 0 Å². The molecule has 2 aliphatic heterocycles. The monoisotopic (exact) mass is 443 g/mol. The van der Waals surface area contributed by atoms with Gasteiger partial charge in [-0.05, 0) is 52.2 Å². The normalized spacial score (nSPS) is 22.3. The minimum Gasteiger partial charge on any atom is -0.338 e. The highest BCUT2D eigenvalue weighted by atomic mass is 79.9. The van der Waals surface area contributed by atoms with Crippen molar-refractivity contribution in [1.82, 2.24) is 25.6 Å². The van der Waals surface area contributed by atoms with Crippen LogP contribution >= 0.6 is 15.9 Å². The highest BCUT2D eigenvalue weighted by Gasteiger charge is 2.34. The van der Waals surface area contributed by atoms with E-state index in [4.69, 9.17) is 0 Å². The standard InChI is InChI=1S/C20H22BrN5O2/c21-16-4-2-1-3-15(16)19(27)25-9-11-26(12-10-25)20(28)18-13-17(23-24-18)14-5-7-22-8-6-14/h1-8,17-18,23-24H,9-13H2. The third kappa shape index (κ3) is 3.94. The van der Waals surface area contributed by atoms with Crippen LogP contribution in [-0.2, 0) is 4.79 Å². The summed E-state index contributed by atoms with van der Waals surface area (Å²) in [6, 6.07) is 11.2. The second-order valence-electron chi connectivity index (χ2n) is 7.01. The second kappa shape index (κ2) is 8.38. The number of nitrogens with one attached hydrogen (secondary N) is 2. The van der Waals surface area contributed by atoms with Gasteiger partial charge in [-0.1, -0.05) is 12.1 Å². The number of carbonyl (C=O) groups is 2. The van der Waals surface area contributed by atoms with Crippen LogP contribution in [0.1, 0.15) is 28.4 Å². The van der Waals surface area contributed by atoms with E-state index in [1.807, 2.05) is 46.2 Å². The smallest absolute Gasteiger partial charge is 0.255 e. The van der Waals surface area contributed by atoms with Gasteiger partial charge in [0.2, 0.25) is 5.91 Å². The van der Waals surface area contributed by atoms with E-state index in [0.717, 1.165) is 10.0 Å². The molecule has 2 unspecified atom stereocenters. The molecule has 8 heteroatoms. The van der Waals surface area contributed by atoms with Gasteiger partial charge < -0.3 is 9.80 Å². The molecule has 2 amide bonds. The summed E-state index contributed by atoms with van der Waals surface area (Å²) in [5, 5.41) is 0. The van der Waals surface area contributed by atoms with Crippen molar-refractivity contribution in [3.63, 3.8) is 0 Å². The highest BCUT2D eigenvalue weighted by Crippen LogP contribution is 2.23. The van der Waals surface area contributed by atoms with Crippen LogP contribution in [0.3, 0.4) is 0 Å². The number of hydrogen-bond acceptors (Lipinski definition) is 5. The van der Waals surface area contributed by atoms with Crippen LogP contribution in [-0.4, -0.2) is 58.8 Å². The molecule has 1 aromatic carbocycles. The quantitative estimate of drug-likeness (QED) is 0.755. The molecule has 2 aliphatic rings. The zero-order valence-electron chi connectivity index (χ0n) is 15.3. The fourth-order valence-electron chi connectivity index (χ4n) is 3.69. The molecule has 28 heavy (non-hydrogen) atoms. The average Bonchev–Trinajstić information content (AvgIpc) is 3.24. The molecule has 4 rings (SSSR count). The fourth-order valence-corrected chi connectivity index (χ4v) is 4.14. The van der Waals surface area contributed by atoms with Gasteiger partial charge in [0.05, 0.1) is 5.56 Å². The Morgan fingerprint density at radius 1 is 0.964 bits per heavy atom. The number of hydrazine groups is 1. The maximum absolute atomic E-state index is 12.9. The largest absolute Gasteiger partial charge is 0.338 e. The SMILES string of the molecule is O=C(c1ccccc1Br)N1CCN(C(=O)C2CC(c3ccncc3)NN2)CC1. The van der Waals surface area contributed by atoms with E-state index in [1.165, 1.54) is 0 Å². The molecule has 1 aromatic heterocycles. The maximum Gasteiger partial charge on any atom is 0.255 e. The van der Waals surface area contributed by atoms with Crippen LogP contribution in [0.2, 0.25) is 0 Å². The van der Waals surface area contributed by atoms with Gasteiger partial charge in [-0.25, -0.2) is 10.9 Å². The third-order valence-corrected chi connectivity index (χ3v) is 5.98. The molecule has 2 atom stereocenters. The Labute approximate surface area is 172 Å². The molecule has 2 saturated heterocycles. The van der Waals surface area contributed by atoms with Gasteiger partial charge in [0, 0.05) is 49.1 Å². The van der Waals surface area contributed by atoms with Gasteiger partial charge in [-0.15, -0.1) is 0 Å². The summed E-state index contributed by atoms with van der Waals surface area (Å²) in [6.45, 7) is 2.18. The Morgan fingerprint density at radius 3 is 2.36 bits per heavy atom. The van der Waals surface area contributed by atoms with Crippen molar-refractivity contribution in [1.29, 1.82) is 0 Å². The number of benzene rings is 1. The molecule has 2 aromatic rings. The van der Waals surface area contributed by atoms with Crippen molar-refractivity contribution in [2.75, 3.05) is 26.2 Å². The Kier molecular flexibility index (Phi) is 5.70. The molecule has 146 valence electrons. The number of halogens is 1. The van der Waals surface area contributed by atoms with Gasteiger partial charge in [0.25, 0.3) is 5.91 Å². The number of rotatable bonds is 3. The van der Waals surface area contributed by atoms with Crippen LogP contribution in [0.15, 0.2) is 53.3 Å². The van der Waals surface area contributed by atoms with Gasteiger partial charge >= 0.3 is 0 Å². The van der Waals surface area contributed by atoms with Crippen LogP contribution in [0, 0.1) is 0 Å². The first-order valence-electron chi connectivity index (χ1n) is 9.37. The van der Waals surface area contributed by atoms with E-state index in [2.05, 4.69) is 31.8 Å². The molecule has 2 fully saturated rings. The first kappa shape index (κ1) is 19.0. The van der Waals surface area contributed by atoms with Crippen LogP contribution in [0.25, 0.3) is 0 Å². The molecular formula is C20H22BrN5O2. The lowest BCUT2D eigenvalue weighted by Gasteiger charge is -2.36. The van der Waals surface area contributed by atoms with E-state index >= 15 is 0 Å². The molecule has 0 spiro atoms. The lowest BCUT2D eigenvalue weighted by molar-refractivity contribution is -0.134. The van der Waals surface area contributed by atoms with Gasteiger partial charge in [-0.2, -0.15) is 0 Å². The summed E-state index contributed by atoms with van der Waals surface area (Å²) >= 11 is 3.44. The van der Waals surface area contributed by atoms with Gasteiger partial charge in [0.1, 0.15) is 6.04 Å². The van der Waals surface area contributed by atoms with Crippen molar-refractivity contribution in [2.45, 2.75) is 18.5 Å². The van der Waals surface area contributed by atoms with Crippen molar-refractivity contribution < 1.29 is 9.59 Å². The Hall–Kier alpha value is -2.29. The first-order valence-corrected chi connectivity index (χ1v) is 10.2. The summed E-state index contributed by atoms with van der Waals surface area (Å²) in [6.07, 6.45) is 4.21. The number of hydrogen-bond donors (Lipinski definition) is 2. The number of pyridine rings is 1. The molecule has 0 radical (unpaired) electrons. The van der Waals surface area contributed by atoms with Crippen LogP contribution < -0.4 is 10.9 Å². The number of carbonyl (C=O) groups excluding carboxylic acids is 2. The average molecular weight is 444 g/mol. The van der Waals surface area contributed by atoms with Gasteiger partial charge in [-0.3, -0.25) is 14.6 Å². The van der Waals surface area contributed by atoms with Crippen molar-refractivity contribution >= 4 is 27.7 Å². The molecular weight excluding hydrogens is 422 g/mol. The maximum atomic E-state index is 12.9. The molecule has 3 heterocycles. The van der Waals surface area contributed by atoms with Crippen LogP contribution in [0.4, 0.5) is 0 Å². The predicted molar refractivity (Wildman–Crippen MR) is 108 cm³/mol. The summed E-state index contributed by atoms with van der Waals surface area (Å²) in [4.78, 5) is 33.3. The third-order valence-electron chi connectivity index (χ3n) is 5.29. The second-order valence-corrected chi connectivity index (χ2v) is 7.86. The van der Waals surface area contributed by atoms with E-state index in [9.17, 15) is 9.59 Å². The first-order chi connectivity index (χ1) is 13.6. The molecule has 0 aliphatic carbocycles. The Morgan fingerprint density at radius 2 is 1.64 bits per heavy atom. The number of amides is 2. The summed E-state index contributed by atoms with van der Waals surface area (Å²) in [5.74, 6) is 0.0787. The number of nitrogens with zero attached hydrogens (tertiary/aromatic N) is 3. The minimum atomic E-state index is -0.260. The number of aromatic nitrogens is 1. The molecule has 7 nitrogen and oxygen atoms in total. The molecule has 0 saturated carbocycles. The minimum absolute atomic E-state index is 0.00187. The van der Waals surface area contributed by atoms with Crippen molar-refractivity contribution in [3.8, 4) is 0 Å². The van der Waals surface area contributed by atoms with E-state index in [1.54, 1.807) is 12.4 Å². The summed E-state index contributed by atoms with van der Waals surface area (Å²) in [7, 11) is 0. The Bertz CT molecular complexity index is 855. The topological polar surface area (TPSA) is 77.6 Å². The Balaban J connectivity index is 1.32. The number of piperazine rings is 1. The van der Waals surface area contributed by atoms with Crippen molar-refractivity contribution in [2.24, 2.45) is 0 Å². The van der Waals surface area contributed by atoms with E-state index < -0.39 is 0 Å². The lowest BCUT2D eigenvalue weighted by atomic mass is 10.0. The van der Waals surface area contributed by atoms with Crippen molar-refractivity contribution in [3.05, 3.63) is 64.4 Å². The molecule has 2 N–H and O–H groups in total. The zero-order valence-corrected chi connectivity index (χ0v) is 16.9. The predicted octanol–water partition coefficient (Wildman–Crippen LogP) is 1.74. The summed E-state index contributed by atoms with van der Waals surface area (Å²) < 4.78 is 0.793. The fraction of sp³-hybridized carbons (Fsp3) is 0.350. The summed E-state index contributed by atoms with van der Waals surface area (Å²) in [5.41, 5.74) is 8.09. The van der Waals surface area contributed by atoms with E-state index in [-0.39, 0.29) is 23.9 Å². The highest BCUT2D eigenvalue weighted by molar-refractivity contribution is 9.10. The lowest BCUT2D eigenvalue weighted by Crippen LogP contribution is -2.54. The van der Waals surface area contributed by atoms with E-state index in [0.29, 0.717) is 38.2 Å². The van der Waals surface area contributed by atoms with Gasteiger partial charge in [0.15, 0.2) is 0 Å². The molecule has 0 bridgehead atoms.